The summed E-state index contributed by atoms with van der Waals surface area (Å²) in [5.41, 5.74) is 8.54. The zero-order chi connectivity index (χ0) is 13.8. The van der Waals surface area contributed by atoms with Gasteiger partial charge in [-0.2, -0.15) is 0 Å². The Morgan fingerprint density at radius 3 is 2.84 bits per heavy atom. The fourth-order valence-electron chi connectivity index (χ4n) is 2.65. The Hall–Kier alpha value is -1.10. The molecule has 1 aliphatic heterocycles. The summed E-state index contributed by atoms with van der Waals surface area (Å²) < 4.78 is 5.69. The summed E-state index contributed by atoms with van der Waals surface area (Å²) in [7, 11) is 0. The maximum Gasteiger partial charge on any atom is 0.0984 e. The Bertz CT molecular complexity index is 411. The molecule has 0 bridgehead atoms. The molecule has 19 heavy (non-hydrogen) atoms. The Kier molecular flexibility index (Phi) is 4.80. The van der Waals surface area contributed by atoms with Gasteiger partial charge >= 0.3 is 0 Å². The van der Waals surface area contributed by atoms with Crippen LogP contribution in [0.15, 0.2) is 24.3 Å². The molecule has 106 valence electrons. The molecule has 0 aromatic heterocycles. The van der Waals surface area contributed by atoms with E-state index in [-0.39, 0.29) is 24.9 Å². The van der Waals surface area contributed by atoms with Crippen LogP contribution in [0.25, 0.3) is 0 Å². The lowest BCUT2D eigenvalue weighted by Gasteiger charge is -2.39. The molecular weight excluding hydrogens is 240 g/mol. The molecule has 3 unspecified atom stereocenters. The van der Waals surface area contributed by atoms with Crippen molar-refractivity contribution in [2.75, 3.05) is 24.6 Å². The summed E-state index contributed by atoms with van der Waals surface area (Å²) in [6, 6.07) is 8.33. The fraction of sp³-hybridized carbons (Fsp3) is 0.600. The highest BCUT2D eigenvalue weighted by Crippen LogP contribution is 2.29. The Morgan fingerprint density at radius 2 is 2.16 bits per heavy atom. The van der Waals surface area contributed by atoms with Gasteiger partial charge in [-0.05, 0) is 25.0 Å². The van der Waals surface area contributed by atoms with Crippen LogP contribution in [0.2, 0.25) is 0 Å². The number of ether oxygens (including phenoxy) is 1. The first-order chi connectivity index (χ1) is 9.15. The normalized spacial score (nSPS) is 25.4. The number of nitrogens with zero attached hydrogens (tertiary/aromatic N) is 1. The van der Waals surface area contributed by atoms with E-state index in [1.165, 1.54) is 11.3 Å². The zero-order valence-corrected chi connectivity index (χ0v) is 11.7. The van der Waals surface area contributed by atoms with Gasteiger partial charge in [-0.15, -0.1) is 0 Å². The van der Waals surface area contributed by atoms with E-state index in [1.807, 2.05) is 19.1 Å². The SMILES string of the molecule is CCC(N)c1ccccc1N1CC(C)OC(CO)C1. The number of hydrogen-bond acceptors (Lipinski definition) is 4. The lowest BCUT2D eigenvalue weighted by Crippen LogP contribution is -2.48. The van der Waals surface area contributed by atoms with E-state index in [0.717, 1.165) is 13.0 Å². The van der Waals surface area contributed by atoms with E-state index in [2.05, 4.69) is 24.0 Å². The van der Waals surface area contributed by atoms with Gasteiger partial charge in [0.15, 0.2) is 0 Å². The number of anilines is 1. The monoisotopic (exact) mass is 264 g/mol. The molecule has 1 aromatic carbocycles. The summed E-state index contributed by atoms with van der Waals surface area (Å²) >= 11 is 0. The molecule has 1 aromatic rings. The highest BCUT2D eigenvalue weighted by Gasteiger charge is 2.26. The second-order valence-corrected chi connectivity index (χ2v) is 5.23. The van der Waals surface area contributed by atoms with Gasteiger partial charge in [0.25, 0.3) is 0 Å². The third-order valence-electron chi connectivity index (χ3n) is 3.65. The van der Waals surface area contributed by atoms with Crippen molar-refractivity contribution in [3.8, 4) is 0 Å². The van der Waals surface area contributed by atoms with Gasteiger partial charge < -0.3 is 20.5 Å². The van der Waals surface area contributed by atoms with E-state index in [9.17, 15) is 5.11 Å². The van der Waals surface area contributed by atoms with Gasteiger partial charge in [-0.25, -0.2) is 0 Å². The molecule has 2 rings (SSSR count). The Balaban J connectivity index is 2.25. The number of aliphatic hydroxyl groups excluding tert-OH is 1. The second kappa shape index (κ2) is 6.37. The van der Waals surface area contributed by atoms with Crippen LogP contribution in [0.5, 0.6) is 0 Å². The molecule has 4 heteroatoms. The van der Waals surface area contributed by atoms with Crippen LogP contribution in [-0.4, -0.2) is 37.0 Å². The maximum absolute atomic E-state index is 9.32. The van der Waals surface area contributed by atoms with Crippen molar-refractivity contribution in [2.45, 2.75) is 38.5 Å². The molecule has 1 fully saturated rings. The number of morpholine rings is 1. The topological polar surface area (TPSA) is 58.7 Å². The highest BCUT2D eigenvalue weighted by atomic mass is 16.5. The third-order valence-corrected chi connectivity index (χ3v) is 3.65. The molecule has 0 amide bonds. The number of hydrogen-bond donors (Lipinski definition) is 2. The number of benzene rings is 1. The van der Waals surface area contributed by atoms with Gasteiger partial charge in [0.2, 0.25) is 0 Å². The average molecular weight is 264 g/mol. The molecule has 4 nitrogen and oxygen atoms in total. The molecule has 0 saturated carbocycles. The summed E-state index contributed by atoms with van der Waals surface area (Å²) in [4.78, 5) is 2.28. The second-order valence-electron chi connectivity index (χ2n) is 5.23. The van der Waals surface area contributed by atoms with Gasteiger partial charge in [-0.3, -0.25) is 0 Å². The number of aliphatic hydroxyl groups is 1. The predicted octanol–water partition coefficient (Wildman–Crippen LogP) is 1.68. The molecule has 1 heterocycles. The molecule has 1 aliphatic rings. The van der Waals surface area contributed by atoms with Crippen LogP contribution >= 0.6 is 0 Å². The first kappa shape index (κ1) is 14.3. The third kappa shape index (κ3) is 3.26. The molecule has 3 N–H and O–H groups in total. The minimum atomic E-state index is -0.116. The lowest BCUT2D eigenvalue weighted by atomic mass is 10.0. The largest absolute Gasteiger partial charge is 0.394 e. The van der Waals surface area contributed by atoms with Crippen molar-refractivity contribution in [2.24, 2.45) is 5.73 Å². The summed E-state index contributed by atoms with van der Waals surface area (Å²) in [5.74, 6) is 0. The quantitative estimate of drug-likeness (QED) is 0.868. The molecule has 0 radical (unpaired) electrons. The van der Waals surface area contributed by atoms with Crippen molar-refractivity contribution < 1.29 is 9.84 Å². The van der Waals surface area contributed by atoms with E-state index in [0.29, 0.717) is 6.54 Å². The van der Waals surface area contributed by atoms with Crippen LogP contribution in [-0.2, 0) is 4.74 Å². The van der Waals surface area contributed by atoms with Gasteiger partial charge in [0, 0.05) is 24.8 Å². The highest BCUT2D eigenvalue weighted by molar-refractivity contribution is 5.55. The van der Waals surface area contributed by atoms with Gasteiger partial charge in [-0.1, -0.05) is 25.1 Å². The van der Waals surface area contributed by atoms with Crippen LogP contribution in [0.1, 0.15) is 31.9 Å². The minimum absolute atomic E-state index is 0.0573. The summed E-state index contributed by atoms with van der Waals surface area (Å²) in [5, 5.41) is 9.32. The van der Waals surface area contributed by atoms with Crippen molar-refractivity contribution >= 4 is 5.69 Å². The zero-order valence-electron chi connectivity index (χ0n) is 11.7. The van der Waals surface area contributed by atoms with E-state index in [4.69, 9.17) is 10.5 Å². The standard InChI is InChI=1S/C15H24N2O2/c1-3-14(16)13-6-4-5-7-15(13)17-8-11(2)19-12(9-17)10-18/h4-7,11-12,14,18H,3,8-10,16H2,1-2H3. The number of nitrogens with two attached hydrogens (primary N) is 1. The fourth-order valence-corrected chi connectivity index (χ4v) is 2.65. The minimum Gasteiger partial charge on any atom is -0.394 e. The van der Waals surface area contributed by atoms with Crippen LogP contribution in [0.3, 0.4) is 0 Å². The van der Waals surface area contributed by atoms with E-state index < -0.39 is 0 Å². The first-order valence-electron chi connectivity index (χ1n) is 7.01. The van der Waals surface area contributed by atoms with Crippen molar-refractivity contribution in [3.05, 3.63) is 29.8 Å². The summed E-state index contributed by atoms with van der Waals surface area (Å²) in [6.07, 6.45) is 0.923. The van der Waals surface area contributed by atoms with Gasteiger partial charge in [0.05, 0.1) is 18.8 Å². The Morgan fingerprint density at radius 1 is 1.42 bits per heavy atom. The molecule has 3 atom stereocenters. The predicted molar refractivity (Wildman–Crippen MR) is 77.3 cm³/mol. The van der Waals surface area contributed by atoms with Crippen molar-refractivity contribution in [1.82, 2.24) is 0 Å². The number of para-hydroxylation sites is 1. The lowest BCUT2D eigenvalue weighted by molar-refractivity contribution is -0.0421. The molecule has 1 saturated heterocycles. The van der Waals surface area contributed by atoms with Crippen molar-refractivity contribution in [3.63, 3.8) is 0 Å². The van der Waals surface area contributed by atoms with Crippen LogP contribution in [0.4, 0.5) is 5.69 Å². The Labute approximate surface area is 115 Å². The molecule has 0 spiro atoms. The average Bonchev–Trinajstić information content (AvgIpc) is 2.45. The smallest absolute Gasteiger partial charge is 0.0984 e. The van der Waals surface area contributed by atoms with Crippen LogP contribution in [0, 0.1) is 0 Å². The number of rotatable bonds is 4. The molecular formula is C15H24N2O2. The van der Waals surface area contributed by atoms with Crippen molar-refractivity contribution in [1.29, 1.82) is 0 Å². The maximum atomic E-state index is 9.32. The molecule has 0 aliphatic carbocycles. The van der Waals surface area contributed by atoms with E-state index in [1.54, 1.807) is 0 Å². The van der Waals surface area contributed by atoms with Crippen LogP contribution < -0.4 is 10.6 Å². The van der Waals surface area contributed by atoms with Gasteiger partial charge in [0.1, 0.15) is 0 Å². The van der Waals surface area contributed by atoms with E-state index >= 15 is 0 Å². The first-order valence-corrected chi connectivity index (χ1v) is 7.01. The summed E-state index contributed by atoms with van der Waals surface area (Å²) in [6.45, 7) is 5.75.